The minimum absolute atomic E-state index is 0.00988. The highest BCUT2D eigenvalue weighted by atomic mass is 16.3. The zero-order chi connectivity index (χ0) is 22.9. The van der Waals surface area contributed by atoms with Gasteiger partial charge in [-0.2, -0.15) is 0 Å². The van der Waals surface area contributed by atoms with Gasteiger partial charge in [-0.1, -0.05) is 84.9 Å². The van der Waals surface area contributed by atoms with Crippen molar-refractivity contribution in [2.24, 2.45) is 11.8 Å². The van der Waals surface area contributed by atoms with Gasteiger partial charge in [0, 0.05) is 19.1 Å². The molecule has 0 saturated carbocycles. The summed E-state index contributed by atoms with van der Waals surface area (Å²) in [6.07, 6.45) is 7.60. The van der Waals surface area contributed by atoms with Crippen LogP contribution in [0.5, 0.6) is 0 Å². The van der Waals surface area contributed by atoms with E-state index < -0.39 is 0 Å². The number of carbonyl (C=O) groups is 1. The molecule has 0 aromatic heterocycles. The number of benzene rings is 3. The van der Waals surface area contributed by atoms with Crippen LogP contribution in [0.25, 0.3) is 10.8 Å². The second-order valence-corrected chi connectivity index (χ2v) is 9.02. The molecule has 4 heteroatoms. The molecule has 3 atom stereocenters. The third-order valence-corrected chi connectivity index (χ3v) is 6.51. The Morgan fingerprint density at radius 3 is 2.58 bits per heavy atom. The maximum atomic E-state index is 13.0. The molecule has 1 amide bonds. The second kappa shape index (κ2) is 11.8. The average Bonchev–Trinajstić information content (AvgIpc) is 2.87. The van der Waals surface area contributed by atoms with Crippen LogP contribution >= 0.6 is 0 Å². The number of aliphatic hydroxyl groups is 1. The number of fused-ring (bicyclic) bond motifs is 1. The summed E-state index contributed by atoms with van der Waals surface area (Å²) in [6.45, 7) is 1.80. The number of piperidine rings is 1. The van der Waals surface area contributed by atoms with Crippen molar-refractivity contribution in [2.45, 2.75) is 31.7 Å². The molecule has 0 radical (unpaired) electrons. The third kappa shape index (κ3) is 6.53. The van der Waals surface area contributed by atoms with Crippen LogP contribution in [0.2, 0.25) is 0 Å². The van der Waals surface area contributed by atoms with Crippen LogP contribution in [-0.4, -0.2) is 36.8 Å². The van der Waals surface area contributed by atoms with Crippen molar-refractivity contribution >= 4 is 16.7 Å². The molecule has 0 bridgehead atoms. The Hall–Kier alpha value is -2.95. The highest BCUT2D eigenvalue weighted by Gasteiger charge is 2.23. The summed E-state index contributed by atoms with van der Waals surface area (Å²) < 4.78 is 0. The van der Waals surface area contributed by atoms with Gasteiger partial charge >= 0.3 is 0 Å². The van der Waals surface area contributed by atoms with Gasteiger partial charge in [0.1, 0.15) is 0 Å². The normalized spacial score (nSPS) is 18.3. The molecule has 1 fully saturated rings. The summed E-state index contributed by atoms with van der Waals surface area (Å²) >= 11 is 0. The lowest BCUT2D eigenvalue weighted by molar-refractivity contribution is -0.125. The van der Waals surface area contributed by atoms with E-state index in [4.69, 9.17) is 0 Å². The van der Waals surface area contributed by atoms with Gasteiger partial charge in [0.05, 0.1) is 12.0 Å². The van der Waals surface area contributed by atoms with Crippen LogP contribution in [0.15, 0.2) is 84.9 Å². The van der Waals surface area contributed by atoms with Crippen molar-refractivity contribution < 1.29 is 9.90 Å². The predicted octanol–water partition coefficient (Wildman–Crippen LogP) is 4.27. The fraction of sp³-hybridized carbons (Fsp3) is 0.345. The highest BCUT2D eigenvalue weighted by Crippen LogP contribution is 2.21. The SMILES string of the molecule is O=C(N[C@@H](/C=C/C(CO)Cc1ccccc1)Cc1cccc2ccccc12)[C@@H]1CCCNC1. The number of nitrogens with one attached hydrogen (secondary N) is 2. The van der Waals surface area contributed by atoms with Crippen LogP contribution in [-0.2, 0) is 17.6 Å². The average molecular weight is 443 g/mol. The van der Waals surface area contributed by atoms with E-state index >= 15 is 0 Å². The number of hydrogen-bond donors (Lipinski definition) is 3. The molecule has 3 aromatic carbocycles. The maximum absolute atomic E-state index is 13.0. The molecule has 0 aliphatic carbocycles. The molecule has 1 heterocycles. The van der Waals surface area contributed by atoms with Gasteiger partial charge in [-0.15, -0.1) is 0 Å². The van der Waals surface area contributed by atoms with Gasteiger partial charge in [0.15, 0.2) is 0 Å². The molecular formula is C29H34N2O2. The molecular weight excluding hydrogens is 408 g/mol. The molecule has 0 spiro atoms. The number of aliphatic hydroxyl groups excluding tert-OH is 1. The first kappa shape index (κ1) is 23.2. The van der Waals surface area contributed by atoms with Gasteiger partial charge in [0.2, 0.25) is 5.91 Å². The molecule has 3 aromatic rings. The van der Waals surface area contributed by atoms with Crippen LogP contribution in [0, 0.1) is 11.8 Å². The van der Waals surface area contributed by atoms with Crippen molar-refractivity contribution in [1.29, 1.82) is 0 Å². The van der Waals surface area contributed by atoms with Gasteiger partial charge in [-0.05, 0) is 54.1 Å². The zero-order valence-electron chi connectivity index (χ0n) is 19.1. The van der Waals surface area contributed by atoms with E-state index in [1.54, 1.807) is 0 Å². The Kier molecular flexibility index (Phi) is 8.29. The standard InChI is InChI=1S/C29H34N2O2/c32-21-23(18-22-8-2-1-3-9-22)15-16-27(31-29(33)26-13-7-17-30-20-26)19-25-12-6-11-24-10-4-5-14-28(24)25/h1-6,8-12,14-16,23,26-27,30,32H,7,13,17-21H2,(H,31,33)/b16-15+/t23?,26-,27+/m1/s1. The Morgan fingerprint density at radius 2 is 1.79 bits per heavy atom. The minimum atomic E-state index is -0.130. The lowest BCUT2D eigenvalue weighted by atomic mass is 9.94. The number of amides is 1. The summed E-state index contributed by atoms with van der Waals surface area (Å²) in [5.74, 6) is 0.136. The quantitative estimate of drug-likeness (QED) is 0.434. The van der Waals surface area contributed by atoms with Crippen LogP contribution in [0.4, 0.5) is 0 Å². The molecule has 1 unspecified atom stereocenters. The first-order valence-electron chi connectivity index (χ1n) is 12.0. The van der Waals surface area contributed by atoms with E-state index in [1.807, 2.05) is 18.2 Å². The molecule has 33 heavy (non-hydrogen) atoms. The highest BCUT2D eigenvalue weighted by molar-refractivity contribution is 5.86. The predicted molar refractivity (Wildman–Crippen MR) is 135 cm³/mol. The first-order valence-corrected chi connectivity index (χ1v) is 12.0. The van der Waals surface area contributed by atoms with Crippen molar-refractivity contribution in [2.75, 3.05) is 19.7 Å². The molecule has 1 aliphatic rings. The fourth-order valence-electron chi connectivity index (χ4n) is 4.65. The topological polar surface area (TPSA) is 61.4 Å². The molecule has 1 aliphatic heterocycles. The Balaban J connectivity index is 1.53. The van der Waals surface area contributed by atoms with Crippen LogP contribution in [0.1, 0.15) is 24.0 Å². The van der Waals surface area contributed by atoms with Crippen LogP contribution in [0.3, 0.4) is 0 Å². The van der Waals surface area contributed by atoms with E-state index in [-0.39, 0.29) is 30.4 Å². The number of carbonyl (C=O) groups excluding carboxylic acids is 1. The van der Waals surface area contributed by atoms with E-state index in [0.29, 0.717) is 6.42 Å². The summed E-state index contributed by atoms with van der Waals surface area (Å²) in [4.78, 5) is 13.0. The van der Waals surface area contributed by atoms with E-state index in [0.717, 1.165) is 32.4 Å². The van der Waals surface area contributed by atoms with Crippen molar-refractivity contribution in [3.8, 4) is 0 Å². The molecule has 4 rings (SSSR count). The van der Waals surface area contributed by atoms with Gasteiger partial charge in [-0.25, -0.2) is 0 Å². The smallest absolute Gasteiger partial charge is 0.224 e. The van der Waals surface area contributed by atoms with E-state index in [2.05, 4.69) is 77.4 Å². The second-order valence-electron chi connectivity index (χ2n) is 9.02. The minimum Gasteiger partial charge on any atom is -0.396 e. The Labute approximate surface area is 196 Å². The van der Waals surface area contributed by atoms with E-state index in [1.165, 1.54) is 21.9 Å². The zero-order valence-corrected chi connectivity index (χ0v) is 19.1. The molecule has 4 nitrogen and oxygen atoms in total. The molecule has 1 saturated heterocycles. The molecule has 172 valence electrons. The Bertz CT molecular complexity index is 1050. The lowest BCUT2D eigenvalue weighted by Crippen LogP contribution is -2.44. The number of rotatable bonds is 9. The summed E-state index contributed by atoms with van der Waals surface area (Å²) in [5, 5.41) is 19.0. The van der Waals surface area contributed by atoms with E-state index in [9.17, 15) is 9.90 Å². The van der Waals surface area contributed by atoms with Gasteiger partial charge < -0.3 is 15.7 Å². The summed E-state index contributed by atoms with van der Waals surface area (Å²) in [7, 11) is 0. The fourth-order valence-corrected chi connectivity index (χ4v) is 4.65. The molecule has 3 N–H and O–H groups in total. The largest absolute Gasteiger partial charge is 0.396 e. The summed E-state index contributed by atoms with van der Waals surface area (Å²) in [6, 6.07) is 24.8. The van der Waals surface area contributed by atoms with Crippen molar-refractivity contribution in [3.05, 3.63) is 96.1 Å². The number of hydrogen-bond acceptors (Lipinski definition) is 3. The Morgan fingerprint density at radius 1 is 1.00 bits per heavy atom. The third-order valence-electron chi connectivity index (χ3n) is 6.51. The summed E-state index contributed by atoms with van der Waals surface area (Å²) in [5.41, 5.74) is 2.41. The lowest BCUT2D eigenvalue weighted by Gasteiger charge is -2.25. The van der Waals surface area contributed by atoms with Crippen LogP contribution < -0.4 is 10.6 Å². The van der Waals surface area contributed by atoms with Crippen molar-refractivity contribution in [3.63, 3.8) is 0 Å². The van der Waals surface area contributed by atoms with Gasteiger partial charge in [0.25, 0.3) is 0 Å². The van der Waals surface area contributed by atoms with Crippen molar-refractivity contribution in [1.82, 2.24) is 10.6 Å². The monoisotopic (exact) mass is 442 g/mol. The maximum Gasteiger partial charge on any atom is 0.224 e. The first-order chi connectivity index (χ1) is 16.2. The van der Waals surface area contributed by atoms with Gasteiger partial charge in [-0.3, -0.25) is 4.79 Å².